The summed E-state index contributed by atoms with van der Waals surface area (Å²) in [6, 6.07) is 3.14. The van der Waals surface area contributed by atoms with E-state index >= 15 is 0 Å². The van der Waals surface area contributed by atoms with Crippen LogP contribution in [0.4, 0.5) is 18.9 Å². The number of nitrogen functional groups attached to an aromatic ring is 1. The van der Waals surface area contributed by atoms with Gasteiger partial charge in [0.15, 0.2) is 0 Å². The van der Waals surface area contributed by atoms with Crippen molar-refractivity contribution in [2.75, 3.05) is 11.5 Å². The summed E-state index contributed by atoms with van der Waals surface area (Å²) in [6.07, 6.45) is -4.41. The van der Waals surface area contributed by atoms with Crippen molar-refractivity contribution in [1.82, 2.24) is 5.32 Å². The van der Waals surface area contributed by atoms with E-state index in [-0.39, 0.29) is 23.4 Å². The van der Waals surface area contributed by atoms with E-state index in [2.05, 4.69) is 5.32 Å². The van der Waals surface area contributed by atoms with Crippen LogP contribution in [0.2, 0.25) is 0 Å². The Morgan fingerprint density at radius 1 is 1.42 bits per heavy atom. The molecule has 1 aromatic carbocycles. The van der Waals surface area contributed by atoms with E-state index < -0.39 is 11.7 Å². The molecular formula is C12H15F3N2OS. The molecule has 0 unspecified atom stereocenters. The number of nitrogens with two attached hydrogens (primary N) is 1. The van der Waals surface area contributed by atoms with Crippen molar-refractivity contribution in [3.8, 4) is 0 Å². The number of amides is 1. The molecule has 7 heteroatoms. The predicted molar refractivity (Wildman–Crippen MR) is 69.9 cm³/mol. The maximum absolute atomic E-state index is 12.4. The zero-order valence-electron chi connectivity index (χ0n) is 10.5. The number of thioether (sulfide) groups is 1. The second kappa shape index (κ2) is 6.18. The average Bonchev–Trinajstić information content (AvgIpc) is 2.25. The van der Waals surface area contributed by atoms with Gasteiger partial charge in [0, 0.05) is 16.6 Å². The van der Waals surface area contributed by atoms with Crippen molar-refractivity contribution in [2.24, 2.45) is 0 Å². The lowest BCUT2D eigenvalue weighted by Gasteiger charge is -2.11. The highest BCUT2D eigenvalue weighted by Gasteiger charge is 2.30. The predicted octanol–water partition coefficient (Wildman–Crippen LogP) is 2.90. The summed E-state index contributed by atoms with van der Waals surface area (Å²) in [6.45, 7) is 3.66. The Balaban J connectivity index is 2.68. The van der Waals surface area contributed by atoms with Crippen LogP contribution in [0.25, 0.3) is 0 Å². The second-order valence-electron chi connectivity index (χ2n) is 4.26. The smallest absolute Gasteiger partial charge is 0.398 e. The summed E-state index contributed by atoms with van der Waals surface area (Å²) in [4.78, 5) is 11.9. The number of carbonyl (C=O) groups is 1. The number of hydrogen-bond donors (Lipinski definition) is 2. The van der Waals surface area contributed by atoms with Crippen molar-refractivity contribution < 1.29 is 18.0 Å². The first-order valence-corrected chi connectivity index (χ1v) is 6.57. The van der Waals surface area contributed by atoms with Crippen molar-refractivity contribution in [2.45, 2.75) is 31.0 Å². The fourth-order valence-electron chi connectivity index (χ4n) is 1.36. The highest BCUT2D eigenvalue weighted by molar-refractivity contribution is 8.00. The Morgan fingerprint density at radius 3 is 2.53 bits per heavy atom. The van der Waals surface area contributed by atoms with Crippen LogP contribution in [0.15, 0.2) is 23.1 Å². The normalized spacial score (nSPS) is 11.7. The van der Waals surface area contributed by atoms with E-state index in [9.17, 15) is 18.0 Å². The highest BCUT2D eigenvalue weighted by Crippen LogP contribution is 2.34. The number of hydrogen-bond acceptors (Lipinski definition) is 3. The topological polar surface area (TPSA) is 55.1 Å². The third-order valence-electron chi connectivity index (χ3n) is 2.15. The summed E-state index contributed by atoms with van der Waals surface area (Å²) in [5.74, 6) is -0.0624. The van der Waals surface area contributed by atoms with Crippen molar-refractivity contribution in [3.63, 3.8) is 0 Å². The van der Waals surface area contributed by atoms with Gasteiger partial charge >= 0.3 is 6.18 Å². The number of carbonyl (C=O) groups excluding carboxylic acids is 1. The fraction of sp³-hybridized carbons (Fsp3) is 0.417. The molecule has 3 nitrogen and oxygen atoms in total. The number of anilines is 1. The van der Waals surface area contributed by atoms with E-state index in [1.165, 1.54) is 6.07 Å². The first kappa shape index (κ1) is 15.7. The van der Waals surface area contributed by atoms with Gasteiger partial charge < -0.3 is 11.1 Å². The molecule has 3 N–H and O–H groups in total. The van der Waals surface area contributed by atoms with Gasteiger partial charge in [-0.3, -0.25) is 4.79 Å². The lowest BCUT2D eigenvalue weighted by atomic mass is 10.2. The fourth-order valence-corrected chi connectivity index (χ4v) is 2.12. The van der Waals surface area contributed by atoms with E-state index in [4.69, 9.17) is 5.73 Å². The second-order valence-corrected chi connectivity index (χ2v) is 5.28. The molecule has 0 spiro atoms. The molecule has 0 heterocycles. The van der Waals surface area contributed by atoms with Crippen LogP contribution in [-0.2, 0) is 11.0 Å². The van der Waals surface area contributed by atoms with Gasteiger partial charge in [0.25, 0.3) is 0 Å². The molecule has 0 radical (unpaired) electrons. The van der Waals surface area contributed by atoms with Crippen LogP contribution < -0.4 is 11.1 Å². The van der Waals surface area contributed by atoms with Gasteiger partial charge in [0.1, 0.15) is 0 Å². The molecule has 0 aliphatic heterocycles. The zero-order chi connectivity index (χ0) is 14.6. The molecular weight excluding hydrogens is 277 g/mol. The lowest BCUT2D eigenvalue weighted by Crippen LogP contribution is -2.31. The SMILES string of the molecule is CC(C)NC(=O)CSc1ccc(C(F)(F)F)cc1N. The van der Waals surface area contributed by atoms with Gasteiger partial charge in [-0.25, -0.2) is 0 Å². The molecule has 106 valence electrons. The molecule has 0 bridgehead atoms. The standard InChI is InChI=1S/C12H15F3N2OS/c1-7(2)17-11(18)6-19-10-4-3-8(5-9(10)16)12(13,14)15/h3-5,7H,6,16H2,1-2H3,(H,17,18). The van der Waals surface area contributed by atoms with Crippen LogP contribution >= 0.6 is 11.8 Å². The third kappa shape index (κ3) is 5.02. The van der Waals surface area contributed by atoms with Crippen LogP contribution in [0.5, 0.6) is 0 Å². The Hall–Kier alpha value is -1.37. The van der Waals surface area contributed by atoms with Crippen LogP contribution in [-0.4, -0.2) is 17.7 Å². The lowest BCUT2D eigenvalue weighted by molar-refractivity contribution is -0.137. The van der Waals surface area contributed by atoms with Gasteiger partial charge in [-0.1, -0.05) is 0 Å². The molecule has 0 atom stereocenters. The Kier molecular flexibility index (Phi) is 5.11. The molecule has 1 aromatic rings. The minimum absolute atomic E-state index is 0.0252. The van der Waals surface area contributed by atoms with Gasteiger partial charge in [-0.2, -0.15) is 13.2 Å². The number of alkyl halides is 3. The summed E-state index contributed by atoms with van der Waals surface area (Å²) < 4.78 is 37.3. The van der Waals surface area contributed by atoms with Crippen LogP contribution in [0, 0.1) is 0 Å². The largest absolute Gasteiger partial charge is 0.416 e. The maximum atomic E-state index is 12.4. The molecule has 0 fully saturated rings. The summed E-state index contributed by atoms with van der Waals surface area (Å²) in [7, 11) is 0. The molecule has 1 amide bonds. The first-order chi connectivity index (χ1) is 8.70. The summed E-state index contributed by atoms with van der Waals surface area (Å²) in [5, 5.41) is 2.69. The monoisotopic (exact) mass is 292 g/mol. The maximum Gasteiger partial charge on any atom is 0.416 e. The number of benzene rings is 1. The molecule has 0 aliphatic rings. The molecule has 0 aromatic heterocycles. The summed E-state index contributed by atoms with van der Waals surface area (Å²) in [5.41, 5.74) is 4.79. The van der Waals surface area contributed by atoms with E-state index in [0.717, 1.165) is 23.9 Å². The van der Waals surface area contributed by atoms with Crippen molar-refractivity contribution >= 4 is 23.4 Å². The molecule has 0 saturated carbocycles. The number of halogens is 3. The Morgan fingerprint density at radius 2 is 2.05 bits per heavy atom. The highest BCUT2D eigenvalue weighted by atomic mass is 32.2. The van der Waals surface area contributed by atoms with Crippen LogP contribution in [0.1, 0.15) is 19.4 Å². The molecule has 1 rings (SSSR count). The van der Waals surface area contributed by atoms with Crippen LogP contribution in [0.3, 0.4) is 0 Å². The Labute approximate surface area is 113 Å². The molecule has 0 saturated heterocycles. The number of rotatable bonds is 4. The number of nitrogens with one attached hydrogen (secondary N) is 1. The zero-order valence-corrected chi connectivity index (χ0v) is 11.4. The van der Waals surface area contributed by atoms with E-state index in [1.807, 2.05) is 13.8 Å². The summed E-state index contributed by atoms with van der Waals surface area (Å²) >= 11 is 1.11. The quantitative estimate of drug-likeness (QED) is 0.662. The van der Waals surface area contributed by atoms with Crippen molar-refractivity contribution in [1.29, 1.82) is 0 Å². The van der Waals surface area contributed by atoms with Gasteiger partial charge in [0.05, 0.1) is 11.3 Å². The minimum atomic E-state index is -4.41. The first-order valence-electron chi connectivity index (χ1n) is 5.59. The van der Waals surface area contributed by atoms with E-state index in [1.54, 1.807) is 0 Å². The third-order valence-corrected chi connectivity index (χ3v) is 3.23. The minimum Gasteiger partial charge on any atom is -0.398 e. The van der Waals surface area contributed by atoms with Crippen molar-refractivity contribution in [3.05, 3.63) is 23.8 Å². The van der Waals surface area contributed by atoms with E-state index in [0.29, 0.717) is 4.90 Å². The van der Waals surface area contributed by atoms with Gasteiger partial charge in [0.2, 0.25) is 5.91 Å². The Bertz CT molecular complexity index is 461. The molecule has 19 heavy (non-hydrogen) atoms. The van der Waals surface area contributed by atoms with Gasteiger partial charge in [-0.05, 0) is 32.0 Å². The molecule has 0 aliphatic carbocycles. The van der Waals surface area contributed by atoms with Gasteiger partial charge in [-0.15, -0.1) is 11.8 Å². The average molecular weight is 292 g/mol.